The van der Waals surface area contributed by atoms with E-state index in [0.717, 1.165) is 0 Å². The summed E-state index contributed by atoms with van der Waals surface area (Å²) in [7, 11) is 0. The summed E-state index contributed by atoms with van der Waals surface area (Å²) < 4.78 is 5.86. The Bertz CT molecular complexity index is 1780. The topological polar surface area (TPSA) is 141 Å². The number of nitrogens with one attached hydrogen (secondary N) is 3. The molecule has 0 radical (unpaired) electrons. The van der Waals surface area contributed by atoms with Gasteiger partial charge in [0.2, 0.25) is 0 Å². The van der Waals surface area contributed by atoms with Crippen LogP contribution in [0.4, 0.5) is 5.69 Å². The molecular weight excluding hydrogens is 530 g/mol. The lowest BCUT2D eigenvalue weighted by molar-refractivity contribution is 0.0697. The van der Waals surface area contributed by atoms with E-state index in [1.807, 2.05) is 6.07 Å². The molecule has 40 heavy (non-hydrogen) atoms. The molecule has 0 spiro atoms. The van der Waals surface area contributed by atoms with Crippen molar-refractivity contribution in [3.05, 3.63) is 106 Å². The molecule has 0 saturated heterocycles. The zero-order valence-corrected chi connectivity index (χ0v) is 21.7. The first-order chi connectivity index (χ1) is 19.3. The number of anilines is 1. The number of thiocarbonyl (C=S) groups is 1. The third kappa shape index (κ3) is 5.62. The molecule has 1 heterocycles. The number of carbonyl (C=O) groups excluding carboxylic acids is 1. The minimum absolute atomic E-state index is 0.00370. The number of phenols is 1. The van der Waals surface area contributed by atoms with Crippen molar-refractivity contribution in [2.75, 3.05) is 18.4 Å². The Kier molecular flexibility index (Phi) is 7.43. The van der Waals surface area contributed by atoms with Gasteiger partial charge in [0.05, 0.1) is 5.56 Å². The normalized spacial score (nSPS) is 10.8. The van der Waals surface area contributed by atoms with Crippen molar-refractivity contribution in [2.24, 2.45) is 0 Å². The number of carboxylic acid groups (broad SMARTS) is 1. The molecule has 200 valence electrons. The third-order valence-corrected chi connectivity index (χ3v) is 6.43. The second-order valence-electron chi connectivity index (χ2n) is 8.88. The van der Waals surface area contributed by atoms with Crippen LogP contribution in [0, 0.1) is 0 Å². The van der Waals surface area contributed by atoms with Gasteiger partial charge in [0, 0.05) is 53.0 Å². The number of rotatable bonds is 7. The van der Waals surface area contributed by atoms with Crippen molar-refractivity contribution in [3.8, 4) is 28.2 Å². The van der Waals surface area contributed by atoms with E-state index in [9.17, 15) is 24.6 Å². The fraction of sp³-hybridized carbons (Fsp3) is 0.0667. The van der Waals surface area contributed by atoms with Gasteiger partial charge in [-0.25, -0.2) is 4.79 Å². The Morgan fingerprint density at radius 1 is 0.850 bits per heavy atom. The number of fused-ring (bicyclic) bond motifs is 2. The van der Waals surface area contributed by atoms with E-state index in [2.05, 4.69) is 16.0 Å². The molecule has 1 amide bonds. The lowest BCUT2D eigenvalue weighted by Crippen LogP contribution is -2.36. The summed E-state index contributed by atoms with van der Waals surface area (Å²) in [5, 5.41) is 29.7. The summed E-state index contributed by atoms with van der Waals surface area (Å²) in [6.45, 7) is 0.684. The summed E-state index contributed by atoms with van der Waals surface area (Å²) >= 11 is 5.35. The summed E-state index contributed by atoms with van der Waals surface area (Å²) in [6, 6.07) is 22.5. The van der Waals surface area contributed by atoms with E-state index >= 15 is 0 Å². The summed E-state index contributed by atoms with van der Waals surface area (Å²) in [4.78, 5) is 36.5. The Morgan fingerprint density at radius 2 is 1.60 bits per heavy atom. The molecule has 0 unspecified atom stereocenters. The zero-order valence-electron chi connectivity index (χ0n) is 20.9. The lowest BCUT2D eigenvalue weighted by Gasteiger charge is -2.18. The minimum Gasteiger partial charge on any atom is -0.508 e. The number of hydrogen-bond acceptors (Lipinski definition) is 6. The third-order valence-electron chi connectivity index (χ3n) is 6.19. The number of phenolic OH excluding ortho intramolecular Hbond substituents is 1. The average Bonchev–Trinajstić information content (AvgIpc) is 2.94. The first-order valence-electron chi connectivity index (χ1n) is 12.3. The van der Waals surface area contributed by atoms with Crippen molar-refractivity contribution in [1.29, 1.82) is 0 Å². The largest absolute Gasteiger partial charge is 0.508 e. The average molecular weight is 554 g/mol. The van der Waals surface area contributed by atoms with Crippen LogP contribution < -0.4 is 21.4 Å². The van der Waals surface area contributed by atoms with Gasteiger partial charge in [-0.1, -0.05) is 24.3 Å². The van der Waals surface area contributed by atoms with Crippen molar-refractivity contribution in [1.82, 2.24) is 10.6 Å². The highest BCUT2D eigenvalue weighted by molar-refractivity contribution is 7.80. The zero-order chi connectivity index (χ0) is 28.2. The molecule has 0 fully saturated rings. The van der Waals surface area contributed by atoms with Gasteiger partial charge >= 0.3 is 5.97 Å². The van der Waals surface area contributed by atoms with Crippen LogP contribution in [-0.4, -0.2) is 40.3 Å². The standard InChI is InChI=1S/C30H23N3O6S/c34-19-7-10-22-25(15-19)39-26-16-20(35)8-11-23(26)27(22)21-9-6-18(14-24(21)29(37)38)33-30(40)32-13-12-31-28(36)17-4-2-1-3-5-17/h1-11,14-16,34H,12-13H2,(H,31,36)(H,37,38)(H2,32,33,40). The van der Waals surface area contributed by atoms with Gasteiger partial charge in [0.15, 0.2) is 10.5 Å². The molecule has 5 N–H and O–H groups in total. The molecule has 3 aromatic carbocycles. The number of aromatic hydroxyl groups is 1. The number of carbonyl (C=O) groups is 2. The first kappa shape index (κ1) is 26.4. The van der Waals surface area contributed by atoms with Crippen LogP contribution in [0.2, 0.25) is 0 Å². The molecule has 1 aliphatic carbocycles. The summed E-state index contributed by atoms with van der Waals surface area (Å²) in [6.07, 6.45) is 0. The molecule has 0 aromatic heterocycles. The van der Waals surface area contributed by atoms with Crippen LogP contribution >= 0.6 is 12.2 Å². The van der Waals surface area contributed by atoms with E-state index in [-0.39, 0.29) is 33.5 Å². The Labute approximate surface area is 233 Å². The van der Waals surface area contributed by atoms with Crippen LogP contribution in [0.25, 0.3) is 33.4 Å². The van der Waals surface area contributed by atoms with Gasteiger partial charge in [-0.2, -0.15) is 0 Å². The van der Waals surface area contributed by atoms with Crippen LogP contribution in [0.3, 0.4) is 0 Å². The Balaban J connectivity index is 1.38. The first-order valence-corrected chi connectivity index (χ1v) is 12.7. The van der Waals surface area contributed by atoms with Crippen molar-refractivity contribution < 1.29 is 24.2 Å². The van der Waals surface area contributed by atoms with Crippen LogP contribution in [0.15, 0.2) is 94.1 Å². The number of carboxylic acids is 1. The SMILES string of the molecule is O=C(NCCNC(=S)Nc1ccc(-c2c3ccc(=O)cc-3oc3cc(O)ccc23)c(C(=O)O)c1)c1ccccc1. The van der Waals surface area contributed by atoms with Crippen molar-refractivity contribution in [2.45, 2.75) is 0 Å². The van der Waals surface area contributed by atoms with Gasteiger partial charge in [-0.05, 0) is 66.3 Å². The second kappa shape index (κ2) is 11.3. The highest BCUT2D eigenvalue weighted by atomic mass is 32.1. The molecule has 0 saturated carbocycles. The highest BCUT2D eigenvalue weighted by Gasteiger charge is 2.22. The maximum Gasteiger partial charge on any atom is 0.336 e. The number of amides is 1. The summed E-state index contributed by atoms with van der Waals surface area (Å²) in [5.41, 5.74) is 2.54. The fourth-order valence-electron chi connectivity index (χ4n) is 4.39. The Morgan fingerprint density at radius 3 is 2.38 bits per heavy atom. The number of hydrogen-bond donors (Lipinski definition) is 5. The van der Waals surface area contributed by atoms with Gasteiger partial charge in [0.1, 0.15) is 17.1 Å². The molecule has 1 aliphatic heterocycles. The number of benzene rings is 4. The molecule has 0 atom stereocenters. The fourth-order valence-corrected chi connectivity index (χ4v) is 4.61. The lowest BCUT2D eigenvalue weighted by atomic mass is 9.90. The van der Waals surface area contributed by atoms with Gasteiger partial charge in [-0.3, -0.25) is 9.59 Å². The molecule has 10 heteroatoms. The smallest absolute Gasteiger partial charge is 0.336 e. The van der Waals surface area contributed by atoms with Gasteiger partial charge in [-0.15, -0.1) is 0 Å². The van der Waals surface area contributed by atoms with Crippen LogP contribution in [-0.2, 0) is 0 Å². The van der Waals surface area contributed by atoms with Gasteiger partial charge < -0.3 is 30.6 Å². The van der Waals surface area contributed by atoms with Gasteiger partial charge in [0.25, 0.3) is 5.91 Å². The minimum atomic E-state index is -1.16. The van der Waals surface area contributed by atoms with E-state index < -0.39 is 5.97 Å². The molecule has 5 rings (SSSR count). The molecule has 3 aromatic rings. The maximum atomic E-state index is 12.4. The predicted molar refractivity (Wildman–Crippen MR) is 156 cm³/mol. The molecule has 0 bridgehead atoms. The van der Waals surface area contributed by atoms with E-state index in [4.69, 9.17) is 16.6 Å². The van der Waals surface area contributed by atoms with Crippen molar-refractivity contribution >= 4 is 45.9 Å². The van der Waals surface area contributed by atoms with E-state index in [1.54, 1.807) is 48.5 Å². The second-order valence-corrected chi connectivity index (χ2v) is 9.29. The predicted octanol–water partition coefficient (Wildman–Crippen LogP) is 4.69. The monoisotopic (exact) mass is 553 g/mol. The highest BCUT2D eigenvalue weighted by Crippen LogP contribution is 2.42. The molecular formula is C30H23N3O6S. The Hall–Kier alpha value is -5.22. The quantitative estimate of drug-likeness (QED) is 0.110. The molecule has 2 aliphatic rings. The van der Waals surface area contributed by atoms with Crippen LogP contribution in [0.5, 0.6) is 5.75 Å². The van der Waals surface area contributed by atoms with Crippen LogP contribution in [0.1, 0.15) is 20.7 Å². The van der Waals surface area contributed by atoms with E-state index in [0.29, 0.717) is 52.0 Å². The van der Waals surface area contributed by atoms with E-state index in [1.165, 1.54) is 30.3 Å². The van der Waals surface area contributed by atoms with Crippen molar-refractivity contribution in [3.63, 3.8) is 0 Å². The number of aromatic carboxylic acids is 1. The maximum absolute atomic E-state index is 12.4. The molecule has 9 nitrogen and oxygen atoms in total. The summed E-state index contributed by atoms with van der Waals surface area (Å²) in [5.74, 6) is -1.12.